The number of aryl methyl sites for hydroxylation is 1. The van der Waals surface area contributed by atoms with Gasteiger partial charge in [0.05, 0.1) is 5.69 Å². The number of hydrogen-bond donors (Lipinski definition) is 2. The SMILES string of the molecule is Cc1cccc2c(-c3cc(CN)ccn3)c[nH]c12. The van der Waals surface area contributed by atoms with Crippen LogP contribution in [0.3, 0.4) is 0 Å². The molecule has 3 aromatic rings. The molecule has 90 valence electrons. The average molecular weight is 237 g/mol. The first-order valence-electron chi connectivity index (χ1n) is 6.01. The summed E-state index contributed by atoms with van der Waals surface area (Å²) in [5.74, 6) is 0. The minimum absolute atomic E-state index is 0.539. The first-order valence-corrected chi connectivity index (χ1v) is 6.01. The third kappa shape index (κ3) is 1.69. The van der Waals surface area contributed by atoms with E-state index in [4.69, 9.17) is 5.73 Å². The second-order valence-corrected chi connectivity index (χ2v) is 4.45. The van der Waals surface area contributed by atoms with Crippen molar-refractivity contribution >= 4 is 10.9 Å². The maximum atomic E-state index is 5.67. The Morgan fingerprint density at radius 1 is 1.28 bits per heavy atom. The van der Waals surface area contributed by atoms with Crippen molar-refractivity contribution < 1.29 is 0 Å². The van der Waals surface area contributed by atoms with E-state index < -0.39 is 0 Å². The Bertz CT molecular complexity index is 698. The molecule has 0 amide bonds. The number of aromatic nitrogens is 2. The molecule has 2 heterocycles. The van der Waals surface area contributed by atoms with E-state index in [1.807, 2.05) is 24.5 Å². The second-order valence-electron chi connectivity index (χ2n) is 4.45. The van der Waals surface area contributed by atoms with Crippen molar-refractivity contribution in [1.29, 1.82) is 0 Å². The number of aromatic amines is 1. The summed E-state index contributed by atoms with van der Waals surface area (Å²) in [6.45, 7) is 2.64. The van der Waals surface area contributed by atoms with Gasteiger partial charge in [-0.3, -0.25) is 4.98 Å². The lowest BCUT2D eigenvalue weighted by molar-refractivity contribution is 1.06. The molecule has 0 radical (unpaired) electrons. The number of benzene rings is 1. The van der Waals surface area contributed by atoms with Crippen LogP contribution < -0.4 is 5.73 Å². The molecule has 0 atom stereocenters. The highest BCUT2D eigenvalue weighted by atomic mass is 14.7. The molecule has 3 heteroatoms. The summed E-state index contributed by atoms with van der Waals surface area (Å²) in [5.41, 5.74) is 11.3. The molecule has 1 aromatic carbocycles. The quantitative estimate of drug-likeness (QED) is 0.720. The Hall–Kier alpha value is -2.13. The van der Waals surface area contributed by atoms with Crippen LogP contribution in [0.2, 0.25) is 0 Å². The van der Waals surface area contributed by atoms with Gasteiger partial charge in [-0.05, 0) is 30.2 Å². The molecule has 0 spiro atoms. The number of hydrogen-bond acceptors (Lipinski definition) is 2. The van der Waals surface area contributed by atoms with Crippen LogP contribution in [0.1, 0.15) is 11.1 Å². The van der Waals surface area contributed by atoms with Crippen molar-refractivity contribution in [2.45, 2.75) is 13.5 Å². The molecule has 18 heavy (non-hydrogen) atoms. The summed E-state index contributed by atoms with van der Waals surface area (Å²) in [4.78, 5) is 7.76. The van der Waals surface area contributed by atoms with Crippen LogP contribution in [-0.2, 0) is 6.54 Å². The van der Waals surface area contributed by atoms with Crippen molar-refractivity contribution in [2.75, 3.05) is 0 Å². The monoisotopic (exact) mass is 237 g/mol. The number of nitrogens with zero attached hydrogens (tertiary/aromatic N) is 1. The van der Waals surface area contributed by atoms with Gasteiger partial charge in [0.15, 0.2) is 0 Å². The summed E-state index contributed by atoms with van der Waals surface area (Å²) in [5, 5.41) is 1.21. The summed E-state index contributed by atoms with van der Waals surface area (Å²) in [6, 6.07) is 10.3. The zero-order valence-corrected chi connectivity index (χ0v) is 10.3. The standard InChI is InChI=1S/C15H15N3/c1-10-3-2-4-12-13(9-18-15(10)12)14-7-11(8-16)5-6-17-14/h2-7,9,18H,8,16H2,1H3. The molecule has 0 unspecified atom stereocenters. The van der Waals surface area contributed by atoms with E-state index in [9.17, 15) is 0 Å². The lowest BCUT2D eigenvalue weighted by Gasteiger charge is -2.02. The van der Waals surface area contributed by atoms with E-state index in [2.05, 4.69) is 35.1 Å². The van der Waals surface area contributed by atoms with Gasteiger partial charge >= 0.3 is 0 Å². The van der Waals surface area contributed by atoms with Gasteiger partial charge in [0.1, 0.15) is 0 Å². The zero-order chi connectivity index (χ0) is 12.5. The number of fused-ring (bicyclic) bond motifs is 1. The van der Waals surface area contributed by atoms with E-state index in [0.29, 0.717) is 6.54 Å². The number of rotatable bonds is 2. The molecule has 3 rings (SSSR count). The molecular formula is C15H15N3. The van der Waals surface area contributed by atoms with Crippen LogP contribution >= 0.6 is 0 Å². The first kappa shape index (κ1) is 11.0. The molecule has 0 aliphatic heterocycles. The Labute approximate surface area is 106 Å². The van der Waals surface area contributed by atoms with E-state index in [-0.39, 0.29) is 0 Å². The Morgan fingerprint density at radius 3 is 3.00 bits per heavy atom. The van der Waals surface area contributed by atoms with Crippen LogP contribution in [0.5, 0.6) is 0 Å². The Kier molecular flexibility index (Phi) is 2.61. The summed E-state index contributed by atoms with van der Waals surface area (Å²) in [7, 11) is 0. The predicted molar refractivity (Wildman–Crippen MR) is 74.2 cm³/mol. The van der Waals surface area contributed by atoms with Crippen molar-refractivity contribution in [1.82, 2.24) is 9.97 Å². The van der Waals surface area contributed by atoms with Gasteiger partial charge in [0.25, 0.3) is 0 Å². The van der Waals surface area contributed by atoms with Crippen LogP contribution in [0, 0.1) is 6.92 Å². The molecule has 0 saturated heterocycles. The molecule has 0 aliphatic rings. The van der Waals surface area contributed by atoms with Crippen molar-refractivity contribution in [3.63, 3.8) is 0 Å². The minimum atomic E-state index is 0.539. The molecule has 0 fully saturated rings. The fourth-order valence-corrected chi connectivity index (χ4v) is 2.27. The topological polar surface area (TPSA) is 54.7 Å². The van der Waals surface area contributed by atoms with Crippen LogP contribution in [0.15, 0.2) is 42.7 Å². The number of para-hydroxylation sites is 1. The lowest BCUT2D eigenvalue weighted by Crippen LogP contribution is -1.96. The van der Waals surface area contributed by atoms with Crippen molar-refractivity contribution in [3.05, 3.63) is 53.9 Å². The fraction of sp³-hybridized carbons (Fsp3) is 0.133. The van der Waals surface area contributed by atoms with Crippen molar-refractivity contribution in [2.24, 2.45) is 5.73 Å². The molecule has 0 saturated carbocycles. The van der Waals surface area contributed by atoms with E-state index in [1.165, 1.54) is 16.5 Å². The normalized spacial score (nSPS) is 11.0. The summed E-state index contributed by atoms with van der Waals surface area (Å²) < 4.78 is 0. The van der Waals surface area contributed by atoms with Gasteiger partial charge in [-0.2, -0.15) is 0 Å². The average Bonchev–Trinajstić information content (AvgIpc) is 2.84. The predicted octanol–water partition coefficient (Wildman–Crippen LogP) is 3.00. The van der Waals surface area contributed by atoms with E-state index >= 15 is 0 Å². The highest BCUT2D eigenvalue weighted by molar-refractivity contribution is 5.96. The smallest absolute Gasteiger partial charge is 0.0726 e. The van der Waals surface area contributed by atoms with Crippen LogP contribution in [0.4, 0.5) is 0 Å². The van der Waals surface area contributed by atoms with E-state index in [1.54, 1.807) is 0 Å². The maximum absolute atomic E-state index is 5.67. The second kappa shape index (κ2) is 4.27. The fourth-order valence-electron chi connectivity index (χ4n) is 2.27. The molecule has 0 aliphatic carbocycles. The molecular weight excluding hydrogens is 222 g/mol. The van der Waals surface area contributed by atoms with Gasteiger partial charge in [-0.15, -0.1) is 0 Å². The van der Waals surface area contributed by atoms with Crippen LogP contribution in [-0.4, -0.2) is 9.97 Å². The van der Waals surface area contributed by atoms with Gasteiger partial charge in [0, 0.05) is 35.4 Å². The number of nitrogens with one attached hydrogen (secondary N) is 1. The molecule has 3 N–H and O–H groups in total. The third-order valence-electron chi connectivity index (χ3n) is 3.26. The molecule has 3 nitrogen and oxygen atoms in total. The lowest BCUT2D eigenvalue weighted by atomic mass is 10.1. The molecule has 0 bridgehead atoms. The van der Waals surface area contributed by atoms with Gasteiger partial charge in [-0.1, -0.05) is 18.2 Å². The van der Waals surface area contributed by atoms with E-state index in [0.717, 1.165) is 16.8 Å². The molecule has 2 aromatic heterocycles. The zero-order valence-electron chi connectivity index (χ0n) is 10.3. The number of H-pyrrole nitrogens is 1. The maximum Gasteiger partial charge on any atom is 0.0726 e. The first-order chi connectivity index (χ1) is 8.79. The third-order valence-corrected chi connectivity index (χ3v) is 3.26. The van der Waals surface area contributed by atoms with Gasteiger partial charge < -0.3 is 10.7 Å². The van der Waals surface area contributed by atoms with Gasteiger partial charge in [0.2, 0.25) is 0 Å². The highest BCUT2D eigenvalue weighted by Gasteiger charge is 2.08. The number of pyridine rings is 1. The minimum Gasteiger partial charge on any atom is -0.360 e. The summed E-state index contributed by atoms with van der Waals surface area (Å²) in [6.07, 6.45) is 3.83. The number of nitrogens with two attached hydrogens (primary N) is 1. The van der Waals surface area contributed by atoms with Crippen molar-refractivity contribution in [3.8, 4) is 11.3 Å². The summed E-state index contributed by atoms with van der Waals surface area (Å²) >= 11 is 0. The Morgan fingerprint density at radius 2 is 2.17 bits per heavy atom. The van der Waals surface area contributed by atoms with Gasteiger partial charge in [-0.25, -0.2) is 0 Å². The Balaban J connectivity index is 2.22. The van der Waals surface area contributed by atoms with Crippen LogP contribution in [0.25, 0.3) is 22.2 Å². The highest BCUT2D eigenvalue weighted by Crippen LogP contribution is 2.29. The largest absolute Gasteiger partial charge is 0.360 e.